The number of hydrogen-bond acceptors (Lipinski definition) is 5. The number of anilines is 1. The Morgan fingerprint density at radius 2 is 1.80 bits per heavy atom. The first kappa shape index (κ1) is 18.8. The number of nitrogens with zero attached hydrogens (tertiary/aromatic N) is 2. The Bertz CT molecular complexity index is 1330. The second-order valence-corrected chi connectivity index (χ2v) is 8.66. The molecule has 0 aliphatic carbocycles. The number of hydrogen-bond donors (Lipinski definition) is 0. The van der Waals surface area contributed by atoms with Crippen LogP contribution in [-0.2, 0) is 6.42 Å². The highest BCUT2D eigenvalue weighted by Crippen LogP contribution is 2.42. The van der Waals surface area contributed by atoms with Gasteiger partial charge in [0.15, 0.2) is 10.6 Å². The fraction of sp³-hybridized carbons (Fsp3) is 0.208. The fourth-order valence-corrected chi connectivity index (χ4v) is 4.86. The lowest BCUT2D eigenvalue weighted by molar-refractivity contribution is 0.0971. The van der Waals surface area contributed by atoms with Gasteiger partial charge in [-0.25, -0.2) is 4.98 Å². The van der Waals surface area contributed by atoms with Crippen molar-refractivity contribution in [1.82, 2.24) is 4.98 Å². The molecule has 0 N–H and O–H groups in total. The number of amides is 1. The number of para-hydroxylation sites is 1. The van der Waals surface area contributed by atoms with Crippen molar-refractivity contribution in [2.24, 2.45) is 0 Å². The number of fused-ring (bicyclic) bond motifs is 2. The minimum atomic E-state index is -0.566. The molecule has 1 atom stereocenters. The van der Waals surface area contributed by atoms with E-state index in [4.69, 9.17) is 4.42 Å². The van der Waals surface area contributed by atoms with Crippen LogP contribution >= 0.6 is 11.3 Å². The standard InChI is InChI=1S/C24H20N2O3S/c1-4-15-9-11-16(12-10-15)20-19-21(27)17-7-5-6-8-18(17)29-22(19)23(28)26(20)24-25-13(2)14(3)30-24/h5-12,20H,4H2,1-3H3/t20-/m1/s1. The Kier molecular flexibility index (Phi) is 4.33. The van der Waals surface area contributed by atoms with Gasteiger partial charge in [-0.3, -0.25) is 14.5 Å². The number of carbonyl (C=O) groups excluding carboxylic acids is 1. The molecule has 3 heterocycles. The van der Waals surface area contributed by atoms with Crippen molar-refractivity contribution in [3.05, 3.63) is 91.8 Å². The molecule has 2 aromatic heterocycles. The number of aromatic nitrogens is 1. The Labute approximate surface area is 177 Å². The Balaban J connectivity index is 1.79. The summed E-state index contributed by atoms with van der Waals surface area (Å²) >= 11 is 1.45. The SMILES string of the molecule is CCc1ccc([C@@H]2c3c(oc4ccccc4c3=O)C(=O)N2c2nc(C)c(C)s2)cc1. The first-order valence-corrected chi connectivity index (χ1v) is 10.7. The van der Waals surface area contributed by atoms with Crippen LogP contribution in [0.3, 0.4) is 0 Å². The molecule has 0 radical (unpaired) electrons. The predicted octanol–water partition coefficient (Wildman–Crippen LogP) is 5.18. The van der Waals surface area contributed by atoms with Crippen molar-refractivity contribution in [2.75, 3.05) is 4.90 Å². The van der Waals surface area contributed by atoms with E-state index in [2.05, 4.69) is 11.9 Å². The normalized spacial score (nSPS) is 15.8. The molecule has 0 unspecified atom stereocenters. The lowest BCUT2D eigenvalue weighted by atomic mass is 9.97. The molecule has 0 fully saturated rings. The zero-order chi connectivity index (χ0) is 21.0. The molecular formula is C24H20N2O3S. The van der Waals surface area contributed by atoms with E-state index < -0.39 is 6.04 Å². The Hall–Kier alpha value is -3.25. The Morgan fingerprint density at radius 3 is 2.47 bits per heavy atom. The van der Waals surface area contributed by atoms with Crippen LogP contribution in [-0.4, -0.2) is 10.9 Å². The van der Waals surface area contributed by atoms with E-state index in [1.165, 1.54) is 16.9 Å². The zero-order valence-corrected chi connectivity index (χ0v) is 17.7. The van der Waals surface area contributed by atoms with Crippen molar-refractivity contribution < 1.29 is 9.21 Å². The molecule has 0 spiro atoms. The van der Waals surface area contributed by atoms with E-state index >= 15 is 0 Å². The summed E-state index contributed by atoms with van der Waals surface area (Å²) in [7, 11) is 0. The average molecular weight is 417 g/mol. The largest absolute Gasteiger partial charge is 0.450 e. The number of rotatable bonds is 3. The van der Waals surface area contributed by atoms with Gasteiger partial charge in [0.1, 0.15) is 5.58 Å². The quantitative estimate of drug-likeness (QED) is 0.462. The van der Waals surface area contributed by atoms with Crippen LogP contribution in [0.5, 0.6) is 0 Å². The number of aryl methyl sites for hydroxylation is 3. The van der Waals surface area contributed by atoms with Gasteiger partial charge in [-0.15, -0.1) is 11.3 Å². The van der Waals surface area contributed by atoms with Gasteiger partial charge < -0.3 is 4.42 Å². The fourth-order valence-electron chi connectivity index (χ4n) is 3.93. The third-order valence-corrected chi connectivity index (χ3v) is 6.78. The second kappa shape index (κ2) is 6.92. The van der Waals surface area contributed by atoms with E-state index in [9.17, 15) is 9.59 Å². The molecule has 5 rings (SSSR count). The summed E-state index contributed by atoms with van der Waals surface area (Å²) in [6.45, 7) is 6.00. The molecule has 1 aliphatic heterocycles. The molecule has 6 heteroatoms. The highest BCUT2D eigenvalue weighted by molar-refractivity contribution is 7.15. The maximum atomic E-state index is 13.5. The molecule has 4 aromatic rings. The van der Waals surface area contributed by atoms with Crippen molar-refractivity contribution in [3.63, 3.8) is 0 Å². The monoisotopic (exact) mass is 416 g/mol. The number of carbonyl (C=O) groups is 1. The summed E-state index contributed by atoms with van der Waals surface area (Å²) in [4.78, 5) is 34.2. The van der Waals surface area contributed by atoms with Gasteiger partial charge in [0, 0.05) is 4.88 Å². The average Bonchev–Trinajstić information content (AvgIpc) is 3.24. The van der Waals surface area contributed by atoms with Crippen LogP contribution in [0.4, 0.5) is 5.13 Å². The molecule has 5 nitrogen and oxygen atoms in total. The molecule has 2 aromatic carbocycles. The highest BCUT2D eigenvalue weighted by Gasteiger charge is 2.44. The molecule has 0 saturated carbocycles. The molecule has 1 aliphatic rings. The van der Waals surface area contributed by atoms with Crippen LogP contribution in [0, 0.1) is 13.8 Å². The molecular weight excluding hydrogens is 396 g/mol. The lowest BCUT2D eigenvalue weighted by Gasteiger charge is -2.22. The van der Waals surface area contributed by atoms with Gasteiger partial charge in [-0.2, -0.15) is 0 Å². The first-order valence-electron chi connectivity index (χ1n) is 9.91. The van der Waals surface area contributed by atoms with Gasteiger partial charge in [0.05, 0.1) is 22.7 Å². The molecule has 0 saturated heterocycles. The van der Waals surface area contributed by atoms with E-state index in [1.54, 1.807) is 29.2 Å². The van der Waals surface area contributed by atoms with Crippen LogP contribution in [0.15, 0.2) is 57.7 Å². The van der Waals surface area contributed by atoms with Crippen molar-refractivity contribution in [1.29, 1.82) is 0 Å². The summed E-state index contributed by atoms with van der Waals surface area (Å²) in [6.07, 6.45) is 0.918. The lowest BCUT2D eigenvalue weighted by Crippen LogP contribution is -2.29. The maximum absolute atomic E-state index is 13.5. The summed E-state index contributed by atoms with van der Waals surface area (Å²) in [5.74, 6) is -0.222. The van der Waals surface area contributed by atoms with Crippen molar-refractivity contribution >= 4 is 33.3 Å². The van der Waals surface area contributed by atoms with Crippen molar-refractivity contribution in [3.8, 4) is 0 Å². The van der Waals surface area contributed by atoms with Gasteiger partial charge in [-0.1, -0.05) is 43.3 Å². The van der Waals surface area contributed by atoms with E-state index in [0.717, 1.165) is 22.6 Å². The van der Waals surface area contributed by atoms with Crippen LogP contribution in [0.2, 0.25) is 0 Å². The molecule has 150 valence electrons. The minimum Gasteiger partial charge on any atom is -0.450 e. The summed E-state index contributed by atoms with van der Waals surface area (Å²) < 4.78 is 5.97. The second-order valence-electron chi connectivity index (χ2n) is 7.48. The van der Waals surface area contributed by atoms with Crippen LogP contribution in [0.1, 0.15) is 50.8 Å². The van der Waals surface area contributed by atoms with Crippen LogP contribution < -0.4 is 10.3 Å². The van der Waals surface area contributed by atoms with Gasteiger partial charge in [-0.05, 0) is 43.5 Å². The third-order valence-electron chi connectivity index (χ3n) is 5.70. The van der Waals surface area contributed by atoms with E-state index in [0.29, 0.717) is 21.7 Å². The van der Waals surface area contributed by atoms with E-state index in [-0.39, 0.29) is 17.1 Å². The topological polar surface area (TPSA) is 63.4 Å². The molecule has 0 bridgehead atoms. The predicted molar refractivity (Wildman–Crippen MR) is 119 cm³/mol. The first-order chi connectivity index (χ1) is 14.5. The highest BCUT2D eigenvalue weighted by atomic mass is 32.1. The van der Waals surface area contributed by atoms with Gasteiger partial charge >= 0.3 is 0 Å². The number of thiazole rings is 1. The smallest absolute Gasteiger partial charge is 0.297 e. The Morgan fingerprint density at radius 1 is 1.07 bits per heavy atom. The molecule has 1 amide bonds. The minimum absolute atomic E-state index is 0.105. The zero-order valence-electron chi connectivity index (χ0n) is 16.9. The van der Waals surface area contributed by atoms with Crippen LogP contribution in [0.25, 0.3) is 11.0 Å². The van der Waals surface area contributed by atoms with Crippen molar-refractivity contribution in [2.45, 2.75) is 33.2 Å². The summed E-state index contributed by atoms with van der Waals surface area (Å²) in [5.41, 5.74) is 3.57. The molecule has 30 heavy (non-hydrogen) atoms. The summed E-state index contributed by atoms with van der Waals surface area (Å²) in [6, 6.07) is 14.5. The number of benzene rings is 2. The van der Waals surface area contributed by atoms with E-state index in [1.807, 2.05) is 38.1 Å². The van der Waals surface area contributed by atoms with Gasteiger partial charge in [0.2, 0.25) is 5.76 Å². The maximum Gasteiger partial charge on any atom is 0.297 e. The van der Waals surface area contributed by atoms with Gasteiger partial charge in [0.25, 0.3) is 5.91 Å². The summed E-state index contributed by atoms with van der Waals surface area (Å²) in [5, 5.41) is 1.06. The third kappa shape index (κ3) is 2.71.